The average molecular weight is 169 g/mol. The minimum absolute atomic E-state index is 0. The predicted molar refractivity (Wildman–Crippen MR) is 39.5 cm³/mol. The van der Waals surface area contributed by atoms with E-state index in [9.17, 15) is 0 Å². The minimum Gasteiger partial charge on any atom is -0.791 e. The number of hydrogen-bond acceptors (Lipinski definition) is 3. The molecule has 0 radical (unpaired) electrons. The van der Waals surface area contributed by atoms with Crippen LogP contribution in [0.3, 0.4) is 0 Å². The monoisotopic (exact) mass is 169 g/mol. The van der Waals surface area contributed by atoms with Gasteiger partial charge in [-0.2, -0.15) is 5.75 Å². The Morgan fingerprint density at radius 1 is 1.30 bits per heavy atom. The summed E-state index contributed by atoms with van der Waals surface area (Å²) in [4.78, 5) is 2.34. The Balaban J connectivity index is 0.000000810. The van der Waals surface area contributed by atoms with Crippen molar-refractivity contribution >= 4 is 12.6 Å². The Morgan fingerprint density at radius 3 is 2.40 bits per heavy atom. The van der Waals surface area contributed by atoms with Gasteiger partial charge in [-0.05, 0) is 6.54 Å². The van der Waals surface area contributed by atoms with Gasteiger partial charge in [-0.25, -0.2) is 0 Å². The van der Waals surface area contributed by atoms with E-state index in [0.29, 0.717) is 0 Å². The Bertz CT molecular complexity index is 75.4. The first kappa shape index (κ1) is 11.3. The standard InChI is InChI=1S/C6H13NOS.Na/c9-6-3-7-1-4-8-5-2-7;/h9H,1-6H2;/q;+1/p-1. The van der Waals surface area contributed by atoms with Crippen molar-refractivity contribution < 1.29 is 34.3 Å². The van der Waals surface area contributed by atoms with Gasteiger partial charge in [-0.1, -0.05) is 0 Å². The van der Waals surface area contributed by atoms with Gasteiger partial charge in [0.15, 0.2) is 0 Å². The molecule has 0 N–H and O–H groups in total. The smallest absolute Gasteiger partial charge is 0.791 e. The molecule has 0 spiro atoms. The van der Waals surface area contributed by atoms with Gasteiger partial charge in [0.2, 0.25) is 0 Å². The number of morpholine rings is 1. The van der Waals surface area contributed by atoms with E-state index in [1.54, 1.807) is 0 Å². The quantitative estimate of drug-likeness (QED) is 0.320. The van der Waals surface area contributed by atoms with Gasteiger partial charge in [-0.3, -0.25) is 0 Å². The first-order valence-corrected chi connectivity index (χ1v) is 3.89. The molecule has 2 nitrogen and oxygen atoms in total. The summed E-state index contributed by atoms with van der Waals surface area (Å²) in [7, 11) is 0. The summed E-state index contributed by atoms with van der Waals surface area (Å²) >= 11 is 4.85. The molecule has 1 fully saturated rings. The zero-order valence-corrected chi connectivity index (χ0v) is 9.32. The molecule has 0 aromatic carbocycles. The fraction of sp³-hybridized carbons (Fsp3) is 1.00. The van der Waals surface area contributed by atoms with Gasteiger partial charge in [0.25, 0.3) is 0 Å². The first-order valence-electron chi connectivity index (χ1n) is 3.31. The molecule has 0 amide bonds. The van der Waals surface area contributed by atoms with Crippen molar-refractivity contribution in [2.45, 2.75) is 0 Å². The fourth-order valence-corrected chi connectivity index (χ4v) is 1.21. The summed E-state index contributed by atoms with van der Waals surface area (Å²) in [6.07, 6.45) is 0. The summed E-state index contributed by atoms with van der Waals surface area (Å²) in [6.45, 7) is 4.96. The number of nitrogens with zero attached hydrogens (tertiary/aromatic N) is 1. The Labute approximate surface area is 90.0 Å². The van der Waals surface area contributed by atoms with E-state index < -0.39 is 0 Å². The molecule has 4 heteroatoms. The average Bonchev–Trinajstić information content (AvgIpc) is 1.91. The summed E-state index contributed by atoms with van der Waals surface area (Å²) in [6, 6.07) is 0. The maximum absolute atomic E-state index is 5.17. The normalized spacial score (nSPS) is 20.1. The van der Waals surface area contributed by atoms with E-state index in [1.165, 1.54) is 0 Å². The van der Waals surface area contributed by atoms with Gasteiger partial charge in [0, 0.05) is 13.1 Å². The summed E-state index contributed by atoms with van der Waals surface area (Å²) in [5, 5.41) is 0. The topological polar surface area (TPSA) is 12.5 Å². The van der Waals surface area contributed by atoms with Crippen molar-refractivity contribution in [2.75, 3.05) is 38.6 Å². The maximum Gasteiger partial charge on any atom is 1.00 e. The molecule has 10 heavy (non-hydrogen) atoms. The summed E-state index contributed by atoms with van der Waals surface area (Å²) < 4.78 is 5.17. The van der Waals surface area contributed by atoms with Gasteiger partial charge in [-0.15, -0.1) is 0 Å². The second-order valence-electron chi connectivity index (χ2n) is 2.16. The Hall–Kier alpha value is 1.27. The zero-order chi connectivity index (χ0) is 6.53. The van der Waals surface area contributed by atoms with Crippen LogP contribution in [0.1, 0.15) is 0 Å². The molecule has 0 bridgehead atoms. The summed E-state index contributed by atoms with van der Waals surface area (Å²) in [5.41, 5.74) is 0. The van der Waals surface area contributed by atoms with Crippen molar-refractivity contribution in [3.8, 4) is 0 Å². The first-order chi connectivity index (χ1) is 4.43. The van der Waals surface area contributed by atoms with Crippen LogP contribution < -0.4 is 29.6 Å². The van der Waals surface area contributed by atoms with E-state index in [4.69, 9.17) is 17.4 Å². The van der Waals surface area contributed by atoms with Gasteiger partial charge in [0.05, 0.1) is 13.2 Å². The van der Waals surface area contributed by atoms with Gasteiger partial charge >= 0.3 is 29.6 Å². The molecular formula is C6H12NNaOS. The molecule has 0 unspecified atom stereocenters. The van der Waals surface area contributed by atoms with Crippen molar-refractivity contribution in [2.24, 2.45) is 0 Å². The second kappa shape index (κ2) is 6.95. The third kappa shape index (κ3) is 4.21. The van der Waals surface area contributed by atoms with E-state index >= 15 is 0 Å². The SMILES string of the molecule is [Na+].[S-]CCN1CCOCC1. The molecule has 54 valence electrons. The molecule has 0 saturated carbocycles. The Kier molecular flexibility index (Phi) is 7.83. The van der Waals surface area contributed by atoms with Crippen LogP contribution in [-0.2, 0) is 17.4 Å². The van der Waals surface area contributed by atoms with Gasteiger partial charge < -0.3 is 22.3 Å². The van der Waals surface area contributed by atoms with Crippen LogP contribution in [0.4, 0.5) is 0 Å². The maximum atomic E-state index is 5.17. The van der Waals surface area contributed by atoms with Crippen molar-refractivity contribution in [3.63, 3.8) is 0 Å². The fourth-order valence-electron chi connectivity index (χ4n) is 0.954. The van der Waals surface area contributed by atoms with Crippen LogP contribution in [0.2, 0.25) is 0 Å². The van der Waals surface area contributed by atoms with Crippen LogP contribution >= 0.6 is 0 Å². The minimum atomic E-state index is 0. The van der Waals surface area contributed by atoms with Gasteiger partial charge in [0.1, 0.15) is 0 Å². The molecule has 1 heterocycles. The number of rotatable bonds is 2. The van der Waals surface area contributed by atoms with E-state index in [1.807, 2.05) is 0 Å². The zero-order valence-electron chi connectivity index (χ0n) is 6.51. The molecule has 1 rings (SSSR count). The second-order valence-corrected chi connectivity index (χ2v) is 2.57. The van der Waals surface area contributed by atoms with Crippen molar-refractivity contribution in [1.29, 1.82) is 0 Å². The largest absolute Gasteiger partial charge is 1.00 e. The third-order valence-electron chi connectivity index (χ3n) is 1.51. The third-order valence-corrected chi connectivity index (χ3v) is 1.69. The predicted octanol–water partition coefficient (Wildman–Crippen LogP) is -3.13. The van der Waals surface area contributed by atoms with E-state index in [0.717, 1.165) is 38.6 Å². The van der Waals surface area contributed by atoms with Crippen LogP contribution in [-0.4, -0.2) is 43.5 Å². The summed E-state index contributed by atoms with van der Waals surface area (Å²) in [5.74, 6) is 0.847. The molecule has 0 aromatic heterocycles. The van der Waals surface area contributed by atoms with Crippen molar-refractivity contribution in [1.82, 2.24) is 4.90 Å². The molecule has 0 aliphatic carbocycles. The van der Waals surface area contributed by atoms with E-state index in [2.05, 4.69) is 4.90 Å². The van der Waals surface area contributed by atoms with Crippen LogP contribution in [0.5, 0.6) is 0 Å². The molecule has 1 aliphatic rings. The molecular weight excluding hydrogens is 157 g/mol. The van der Waals surface area contributed by atoms with Crippen LogP contribution in [0.15, 0.2) is 0 Å². The van der Waals surface area contributed by atoms with E-state index in [-0.39, 0.29) is 29.6 Å². The molecule has 1 saturated heterocycles. The molecule has 0 atom stereocenters. The van der Waals surface area contributed by atoms with Crippen LogP contribution in [0.25, 0.3) is 0 Å². The number of hydrogen-bond donors (Lipinski definition) is 0. The number of ether oxygens (including phenoxy) is 1. The van der Waals surface area contributed by atoms with Crippen molar-refractivity contribution in [3.05, 3.63) is 0 Å². The van der Waals surface area contributed by atoms with Crippen LogP contribution in [0, 0.1) is 0 Å². The molecule has 0 aromatic rings. The molecule has 1 aliphatic heterocycles. The Morgan fingerprint density at radius 2 is 1.90 bits per heavy atom.